The zero-order valence-electron chi connectivity index (χ0n) is 17.6. The smallest absolute Gasteiger partial charge is 0.268 e. The number of nitrogens with one attached hydrogen (secondary N) is 2. The van der Waals surface area contributed by atoms with Crippen molar-refractivity contribution in [2.24, 2.45) is 0 Å². The summed E-state index contributed by atoms with van der Waals surface area (Å²) in [7, 11) is 0. The van der Waals surface area contributed by atoms with Crippen LogP contribution in [0, 0.1) is 6.92 Å². The zero-order valence-corrected chi connectivity index (χ0v) is 17.6. The molecule has 0 saturated carbocycles. The van der Waals surface area contributed by atoms with Crippen molar-refractivity contribution < 1.29 is 19.5 Å². The van der Waals surface area contributed by atoms with Crippen LogP contribution in [-0.4, -0.2) is 23.8 Å². The van der Waals surface area contributed by atoms with Gasteiger partial charge in [-0.15, -0.1) is 0 Å². The number of benzene rings is 3. The van der Waals surface area contributed by atoms with Crippen molar-refractivity contribution in [2.75, 3.05) is 0 Å². The second kappa shape index (κ2) is 10.7. The number of carboxylic acids is 1. The molecule has 0 aliphatic carbocycles. The summed E-state index contributed by atoms with van der Waals surface area (Å²) in [6, 6.07) is 23.5. The van der Waals surface area contributed by atoms with E-state index in [1.165, 1.54) is 6.08 Å². The van der Waals surface area contributed by atoms with Gasteiger partial charge in [-0.2, -0.15) is 0 Å². The minimum atomic E-state index is -1.41. The van der Waals surface area contributed by atoms with Gasteiger partial charge in [0.25, 0.3) is 11.8 Å². The lowest BCUT2D eigenvalue weighted by molar-refractivity contribution is -0.308. The monoisotopic (exact) mass is 427 g/mol. The molecule has 0 aliphatic heterocycles. The molecule has 0 bridgehead atoms. The van der Waals surface area contributed by atoms with Crippen molar-refractivity contribution in [3.63, 3.8) is 0 Å². The lowest BCUT2D eigenvalue weighted by Gasteiger charge is -2.21. The van der Waals surface area contributed by atoms with E-state index in [9.17, 15) is 19.5 Å². The van der Waals surface area contributed by atoms with Gasteiger partial charge in [-0.3, -0.25) is 9.59 Å². The summed E-state index contributed by atoms with van der Waals surface area (Å²) in [5.41, 5.74) is 2.76. The molecule has 3 rings (SSSR count). The van der Waals surface area contributed by atoms with Crippen molar-refractivity contribution in [1.82, 2.24) is 10.6 Å². The van der Waals surface area contributed by atoms with E-state index < -0.39 is 23.8 Å². The van der Waals surface area contributed by atoms with Crippen molar-refractivity contribution in [1.29, 1.82) is 0 Å². The minimum Gasteiger partial charge on any atom is -0.548 e. The Morgan fingerprint density at radius 1 is 0.875 bits per heavy atom. The van der Waals surface area contributed by atoms with Crippen LogP contribution in [0.3, 0.4) is 0 Å². The van der Waals surface area contributed by atoms with Crippen LogP contribution < -0.4 is 15.7 Å². The molecule has 0 heterocycles. The number of carbonyl (C=O) groups excluding carboxylic acids is 3. The number of aryl methyl sites for hydroxylation is 1. The van der Waals surface area contributed by atoms with Crippen LogP contribution in [0.4, 0.5) is 0 Å². The third-order valence-corrected chi connectivity index (χ3v) is 4.79. The van der Waals surface area contributed by atoms with E-state index in [1.54, 1.807) is 66.7 Å². The number of hydrogen-bond donors (Lipinski definition) is 2. The third kappa shape index (κ3) is 6.40. The van der Waals surface area contributed by atoms with Gasteiger partial charge in [-0.1, -0.05) is 78.4 Å². The fraction of sp³-hybridized carbons (Fsp3) is 0.115. The normalized spacial score (nSPS) is 12.0. The average Bonchev–Trinajstić information content (AvgIpc) is 2.80. The van der Waals surface area contributed by atoms with E-state index in [0.29, 0.717) is 11.1 Å². The molecule has 6 nitrogen and oxygen atoms in total. The van der Waals surface area contributed by atoms with Crippen LogP contribution in [0.1, 0.15) is 27.0 Å². The predicted octanol–water partition coefficient (Wildman–Crippen LogP) is 2.24. The Bertz CT molecular complexity index is 1110. The average molecular weight is 427 g/mol. The molecule has 0 radical (unpaired) electrons. The van der Waals surface area contributed by atoms with Crippen molar-refractivity contribution >= 4 is 23.9 Å². The van der Waals surface area contributed by atoms with Crippen LogP contribution in [0.2, 0.25) is 0 Å². The molecule has 162 valence electrons. The standard InChI is InChI=1S/C26H24N2O4/c1-18-12-14-20(15-13-18)16-22(27-24(29)21-10-6-3-7-11-21)25(30)28-23(26(31)32)17-19-8-4-2-5-9-19/h2-16,23H,17H2,1H3,(H,27,29)(H,28,30)(H,31,32)/p-1/b22-16-/t23-/m1/s1. The number of hydrogen-bond acceptors (Lipinski definition) is 4. The minimum absolute atomic E-state index is 0.0549. The van der Waals surface area contributed by atoms with Crippen LogP contribution in [0.15, 0.2) is 90.6 Å². The van der Waals surface area contributed by atoms with Gasteiger partial charge >= 0.3 is 0 Å². The number of carbonyl (C=O) groups is 3. The summed E-state index contributed by atoms with van der Waals surface area (Å²) < 4.78 is 0. The highest BCUT2D eigenvalue weighted by atomic mass is 16.4. The molecular weight excluding hydrogens is 404 g/mol. The van der Waals surface area contributed by atoms with Gasteiger partial charge in [0.2, 0.25) is 0 Å². The van der Waals surface area contributed by atoms with Gasteiger partial charge in [0, 0.05) is 5.56 Å². The summed E-state index contributed by atoms with van der Waals surface area (Å²) in [6.45, 7) is 1.94. The maximum absolute atomic E-state index is 13.0. The number of amides is 2. The summed E-state index contributed by atoms with van der Waals surface area (Å²) >= 11 is 0. The maximum Gasteiger partial charge on any atom is 0.268 e. The zero-order chi connectivity index (χ0) is 22.9. The Balaban J connectivity index is 1.85. The van der Waals surface area contributed by atoms with Gasteiger partial charge in [-0.05, 0) is 42.7 Å². The molecule has 0 saturated heterocycles. The lowest BCUT2D eigenvalue weighted by atomic mass is 10.1. The summed E-state index contributed by atoms with van der Waals surface area (Å²) in [6.07, 6.45) is 1.56. The number of carboxylic acid groups (broad SMARTS) is 1. The summed E-state index contributed by atoms with van der Waals surface area (Å²) in [5, 5.41) is 16.7. The van der Waals surface area contributed by atoms with Gasteiger partial charge in [0.1, 0.15) is 5.70 Å². The van der Waals surface area contributed by atoms with Crippen LogP contribution in [0.5, 0.6) is 0 Å². The van der Waals surface area contributed by atoms with E-state index in [4.69, 9.17) is 0 Å². The van der Waals surface area contributed by atoms with E-state index in [-0.39, 0.29) is 12.1 Å². The molecule has 0 aliphatic rings. The first kappa shape index (κ1) is 22.5. The molecule has 0 unspecified atom stereocenters. The lowest BCUT2D eigenvalue weighted by Crippen LogP contribution is -2.50. The molecule has 2 N–H and O–H groups in total. The van der Waals surface area contributed by atoms with Crippen LogP contribution >= 0.6 is 0 Å². The Hall–Kier alpha value is -4.19. The molecular formula is C26H23N2O4-. The fourth-order valence-electron chi connectivity index (χ4n) is 3.05. The third-order valence-electron chi connectivity index (χ3n) is 4.79. The molecule has 0 aromatic heterocycles. The molecule has 32 heavy (non-hydrogen) atoms. The van der Waals surface area contributed by atoms with Crippen molar-refractivity contribution in [2.45, 2.75) is 19.4 Å². The molecule has 6 heteroatoms. The van der Waals surface area contributed by atoms with Gasteiger partial charge in [-0.25, -0.2) is 0 Å². The first-order valence-corrected chi connectivity index (χ1v) is 10.1. The number of aliphatic carboxylic acids is 1. The molecule has 1 atom stereocenters. The maximum atomic E-state index is 13.0. The van der Waals surface area contributed by atoms with Gasteiger partial charge in [0.05, 0.1) is 12.0 Å². The Labute approximate surface area is 186 Å². The second-order valence-electron chi connectivity index (χ2n) is 7.32. The van der Waals surface area contributed by atoms with Gasteiger partial charge in [0.15, 0.2) is 0 Å². The van der Waals surface area contributed by atoms with Crippen molar-refractivity contribution in [3.8, 4) is 0 Å². The fourth-order valence-corrected chi connectivity index (χ4v) is 3.05. The molecule has 3 aromatic rings. The molecule has 0 spiro atoms. The first-order valence-electron chi connectivity index (χ1n) is 10.1. The highest BCUT2D eigenvalue weighted by Crippen LogP contribution is 2.10. The Morgan fingerprint density at radius 2 is 1.47 bits per heavy atom. The van der Waals surface area contributed by atoms with E-state index >= 15 is 0 Å². The van der Waals surface area contributed by atoms with Crippen molar-refractivity contribution in [3.05, 3.63) is 113 Å². The van der Waals surface area contributed by atoms with E-state index in [2.05, 4.69) is 10.6 Å². The van der Waals surface area contributed by atoms with Crippen LogP contribution in [-0.2, 0) is 16.0 Å². The van der Waals surface area contributed by atoms with Gasteiger partial charge < -0.3 is 20.5 Å². The Morgan fingerprint density at radius 3 is 2.06 bits per heavy atom. The first-order chi connectivity index (χ1) is 15.4. The largest absolute Gasteiger partial charge is 0.548 e. The highest BCUT2D eigenvalue weighted by Gasteiger charge is 2.19. The molecule has 3 aromatic carbocycles. The Kier molecular flexibility index (Phi) is 7.54. The van der Waals surface area contributed by atoms with E-state index in [1.807, 2.05) is 25.1 Å². The molecule has 2 amide bonds. The summed E-state index contributed by atoms with van der Waals surface area (Å²) in [4.78, 5) is 37.3. The predicted molar refractivity (Wildman–Crippen MR) is 120 cm³/mol. The topological polar surface area (TPSA) is 98.3 Å². The highest BCUT2D eigenvalue weighted by molar-refractivity contribution is 6.06. The van der Waals surface area contributed by atoms with Crippen LogP contribution in [0.25, 0.3) is 6.08 Å². The second-order valence-corrected chi connectivity index (χ2v) is 7.32. The van der Waals surface area contributed by atoms with E-state index in [0.717, 1.165) is 11.1 Å². The quantitative estimate of drug-likeness (QED) is 0.539. The summed E-state index contributed by atoms with van der Waals surface area (Å²) in [5.74, 6) is -2.61. The SMILES string of the molecule is Cc1ccc(/C=C(\NC(=O)c2ccccc2)C(=O)N[C@H](Cc2ccccc2)C(=O)[O-])cc1. The molecule has 0 fully saturated rings. The number of rotatable bonds is 8.